The molecule has 7 heteroatoms. The minimum atomic E-state index is -0.888. The SMILES string of the molecule is CCOC(=O)C1OC1C(=O)NCC(=O)OCc1ccccc1. The Balaban J connectivity index is 1.65. The zero-order valence-corrected chi connectivity index (χ0v) is 12.1. The normalized spacial score (nSPS) is 19.1. The monoisotopic (exact) mass is 307 g/mol. The van der Waals surface area contributed by atoms with Gasteiger partial charge in [-0.2, -0.15) is 0 Å². The van der Waals surface area contributed by atoms with Gasteiger partial charge in [-0.25, -0.2) is 4.79 Å². The minimum absolute atomic E-state index is 0.140. The van der Waals surface area contributed by atoms with Gasteiger partial charge in [-0.15, -0.1) is 0 Å². The van der Waals surface area contributed by atoms with Gasteiger partial charge in [0.25, 0.3) is 5.91 Å². The highest BCUT2D eigenvalue weighted by Crippen LogP contribution is 2.23. The molecule has 0 spiro atoms. The summed E-state index contributed by atoms with van der Waals surface area (Å²) in [6.07, 6.45) is -1.76. The molecule has 0 saturated carbocycles. The highest BCUT2D eigenvalue weighted by atomic mass is 16.6. The number of epoxide rings is 1. The van der Waals surface area contributed by atoms with Crippen LogP contribution in [0.4, 0.5) is 0 Å². The Labute approximate surface area is 127 Å². The maximum atomic E-state index is 11.7. The van der Waals surface area contributed by atoms with Crippen molar-refractivity contribution in [3.05, 3.63) is 35.9 Å². The highest BCUT2D eigenvalue weighted by Gasteiger charge is 2.51. The maximum absolute atomic E-state index is 11.7. The molecule has 1 fully saturated rings. The van der Waals surface area contributed by atoms with E-state index in [4.69, 9.17) is 14.2 Å². The molecular weight excluding hydrogens is 290 g/mol. The van der Waals surface area contributed by atoms with Crippen molar-refractivity contribution < 1.29 is 28.6 Å². The lowest BCUT2D eigenvalue weighted by Gasteiger charge is -2.05. The number of hydrogen-bond donors (Lipinski definition) is 1. The fourth-order valence-electron chi connectivity index (χ4n) is 1.76. The number of esters is 2. The third-order valence-electron chi connectivity index (χ3n) is 2.92. The molecule has 1 saturated heterocycles. The van der Waals surface area contributed by atoms with Gasteiger partial charge in [-0.05, 0) is 12.5 Å². The average molecular weight is 307 g/mol. The molecule has 2 rings (SSSR count). The predicted octanol–water partition coefficient (Wildman–Crippen LogP) is 0.177. The summed E-state index contributed by atoms with van der Waals surface area (Å²) in [5, 5.41) is 2.36. The molecule has 2 atom stereocenters. The van der Waals surface area contributed by atoms with Crippen LogP contribution in [0.25, 0.3) is 0 Å². The van der Waals surface area contributed by atoms with Crippen LogP contribution in [-0.4, -0.2) is 43.2 Å². The van der Waals surface area contributed by atoms with E-state index in [-0.39, 0.29) is 19.8 Å². The Hall–Kier alpha value is -2.41. The van der Waals surface area contributed by atoms with E-state index in [9.17, 15) is 14.4 Å². The van der Waals surface area contributed by atoms with Crippen LogP contribution < -0.4 is 5.32 Å². The molecule has 0 radical (unpaired) electrons. The molecule has 0 aromatic heterocycles. The summed E-state index contributed by atoms with van der Waals surface area (Å²) < 4.78 is 14.6. The van der Waals surface area contributed by atoms with E-state index in [0.717, 1.165) is 5.56 Å². The largest absolute Gasteiger partial charge is 0.464 e. The van der Waals surface area contributed by atoms with Gasteiger partial charge in [0, 0.05) is 0 Å². The van der Waals surface area contributed by atoms with Crippen molar-refractivity contribution in [2.24, 2.45) is 0 Å². The topological polar surface area (TPSA) is 94.2 Å². The summed E-state index contributed by atoms with van der Waals surface area (Å²) in [7, 11) is 0. The zero-order chi connectivity index (χ0) is 15.9. The predicted molar refractivity (Wildman–Crippen MR) is 74.5 cm³/mol. The molecule has 22 heavy (non-hydrogen) atoms. The van der Waals surface area contributed by atoms with E-state index in [1.54, 1.807) is 6.92 Å². The number of amides is 1. The third-order valence-corrected chi connectivity index (χ3v) is 2.92. The molecule has 7 nitrogen and oxygen atoms in total. The Morgan fingerprint density at radius 1 is 1.14 bits per heavy atom. The first-order valence-corrected chi connectivity index (χ1v) is 6.91. The van der Waals surface area contributed by atoms with Crippen LogP contribution in [0.5, 0.6) is 0 Å². The molecule has 1 heterocycles. The van der Waals surface area contributed by atoms with Crippen LogP contribution in [0.2, 0.25) is 0 Å². The quantitative estimate of drug-likeness (QED) is 0.570. The van der Waals surface area contributed by atoms with Crippen LogP contribution in [0.15, 0.2) is 30.3 Å². The minimum Gasteiger partial charge on any atom is -0.464 e. The summed E-state index contributed by atoms with van der Waals surface area (Å²) in [5.74, 6) is -1.67. The molecule has 1 aromatic carbocycles. The number of carbonyl (C=O) groups is 3. The molecule has 1 N–H and O–H groups in total. The van der Waals surface area contributed by atoms with Crippen molar-refractivity contribution in [2.75, 3.05) is 13.2 Å². The maximum Gasteiger partial charge on any atom is 0.338 e. The summed E-state index contributed by atoms with van der Waals surface area (Å²) in [5.41, 5.74) is 0.857. The molecule has 0 bridgehead atoms. The van der Waals surface area contributed by atoms with Gasteiger partial charge in [0.1, 0.15) is 13.2 Å². The first kappa shape index (κ1) is 16.0. The fourth-order valence-corrected chi connectivity index (χ4v) is 1.76. The first-order chi connectivity index (χ1) is 10.6. The van der Waals surface area contributed by atoms with Crippen molar-refractivity contribution in [2.45, 2.75) is 25.7 Å². The lowest BCUT2D eigenvalue weighted by atomic mass is 10.2. The molecule has 1 aliphatic heterocycles. The van der Waals surface area contributed by atoms with Crippen molar-refractivity contribution >= 4 is 17.8 Å². The molecule has 0 aliphatic carbocycles. The van der Waals surface area contributed by atoms with E-state index in [2.05, 4.69) is 5.32 Å². The van der Waals surface area contributed by atoms with Crippen molar-refractivity contribution in [3.8, 4) is 0 Å². The van der Waals surface area contributed by atoms with Crippen molar-refractivity contribution in [3.63, 3.8) is 0 Å². The van der Waals surface area contributed by atoms with E-state index >= 15 is 0 Å². The van der Waals surface area contributed by atoms with Gasteiger partial charge in [0.15, 0.2) is 12.2 Å². The lowest BCUT2D eigenvalue weighted by molar-refractivity contribution is -0.145. The number of hydrogen-bond acceptors (Lipinski definition) is 6. The van der Waals surface area contributed by atoms with Gasteiger partial charge in [-0.1, -0.05) is 30.3 Å². The standard InChI is InChI=1S/C15H17NO6/c1-2-20-15(19)13-12(22-13)14(18)16-8-11(17)21-9-10-6-4-3-5-7-10/h3-7,12-13H,2,8-9H2,1H3,(H,16,18). The van der Waals surface area contributed by atoms with Gasteiger partial charge < -0.3 is 19.5 Å². The van der Waals surface area contributed by atoms with E-state index in [0.29, 0.717) is 0 Å². The third kappa shape index (κ3) is 4.56. The summed E-state index contributed by atoms with van der Waals surface area (Å²) in [6, 6.07) is 9.19. The highest BCUT2D eigenvalue weighted by molar-refractivity contribution is 5.94. The second kappa shape index (κ2) is 7.56. The number of benzene rings is 1. The van der Waals surface area contributed by atoms with Crippen LogP contribution in [0.3, 0.4) is 0 Å². The Kier molecular flexibility index (Phi) is 5.48. The second-order valence-electron chi connectivity index (χ2n) is 4.59. The molecule has 1 aromatic rings. The van der Waals surface area contributed by atoms with E-state index < -0.39 is 30.1 Å². The molecule has 2 unspecified atom stereocenters. The van der Waals surface area contributed by atoms with Gasteiger partial charge in [-0.3, -0.25) is 9.59 Å². The zero-order valence-electron chi connectivity index (χ0n) is 12.1. The fraction of sp³-hybridized carbons (Fsp3) is 0.400. The average Bonchev–Trinajstić information content (AvgIpc) is 3.32. The summed E-state index contributed by atoms with van der Waals surface area (Å²) in [4.78, 5) is 34.5. The summed E-state index contributed by atoms with van der Waals surface area (Å²) >= 11 is 0. The Bertz CT molecular complexity index is 544. The Morgan fingerprint density at radius 3 is 2.55 bits per heavy atom. The van der Waals surface area contributed by atoms with Crippen LogP contribution in [0, 0.1) is 0 Å². The first-order valence-electron chi connectivity index (χ1n) is 6.91. The number of nitrogens with one attached hydrogen (secondary N) is 1. The smallest absolute Gasteiger partial charge is 0.338 e. The molecule has 118 valence electrons. The van der Waals surface area contributed by atoms with E-state index in [1.807, 2.05) is 30.3 Å². The van der Waals surface area contributed by atoms with Gasteiger partial charge >= 0.3 is 11.9 Å². The van der Waals surface area contributed by atoms with Gasteiger partial charge in [0.05, 0.1) is 6.61 Å². The summed E-state index contributed by atoms with van der Waals surface area (Å²) in [6.45, 7) is 1.75. The number of ether oxygens (including phenoxy) is 3. The van der Waals surface area contributed by atoms with Crippen molar-refractivity contribution in [1.82, 2.24) is 5.32 Å². The van der Waals surface area contributed by atoms with Crippen LogP contribution in [-0.2, 0) is 35.2 Å². The molecular formula is C15H17NO6. The van der Waals surface area contributed by atoms with Crippen LogP contribution in [0.1, 0.15) is 12.5 Å². The number of carbonyl (C=O) groups excluding carboxylic acids is 3. The molecule has 1 aliphatic rings. The van der Waals surface area contributed by atoms with E-state index in [1.165, 1.54) is 0 Å². The Morgan fingerprint density at radius 2 is 1.86 bits per heavy atom. The molecule has 1 amide bonds. The lowest BCUT2D eigenvalue weighted by Crippen LogP contribution is -2.35. The van der Waals surface area contributed by atoms with Crippen molar-refractivity contribution in [1.29, 1.82) is 0 Å². The number of rotatable bonds is 7. The van der Waals surface area contributed by atoms with Crippen LogP contribution >= 0.6 is 0 Å². The second-order valence-corrected chi connectivity index (χ2v) is 4.59. The van der Waals surface area contributed by atoms with Gasteiger partial charge in [0.2, 0.25) is 0 Å².